The number of benzene rings is 2. The van der Waals surface area contributed by atoms with Crippen LogP contribution in [0.4, 0.5) is 0 Å². The van der Waals surface area contributed by atoms with Gasteiger partial charge < -0.3 is 10.2 Å². The molecule has 2 rings (SSSR count). The molecule has 0 radical (unpaired) electrons. The molecular weight excluding hydrogens is 556 g/mol. The van der Waals surface area contributed by atoms with E-state index in [2.05, 4.69) is 37.5 Å². The second-order valence-corrected chi connectivity index (χ2v) is 12.8. The van der Waals surface area contributed by atoms with Gasteiger partial charge >= 0.3 is 11.9 Å². The van der Waals surface area contributed by atoms with Gasteiger partial charge in [0.15, 0.2) is 0 Å². The molecule has 0 unspecified atom stereocenters. The van der Waals surface area contributed by atoms with Gasteiger partial charge in [0.1, 0.15) is 0 Å². The van der Waals surface area contributed by atoms with E-state index in [0.717, 1.165) is 47.9 Å². The van der Waals surface area contributed by atoms with Crippen molar-refractivity contribution in [2.45, 2.75) is 149 Å². The molecule has 0 aromatic heterocycles. The van der Waals surface area contributed by atoms with Crippen LogP contribution in [0.1, 0.15) is 186 Å². The van der Waals surface area contributed by atoms with Crippen molar-refractivity contribution in [1.82, 2.24) is 0 Å². The van der Waals surface area contributed by atoms with Gasteiger partial charge in [0.2, 0.25) is 0 Å². The highest BCUT2D eigenvalue weighted by Gasteiger charge is 2.30. The number of carboxylic acid groups (broad SMARTS) is 2. The maximum Gasteiger partial charge on any atom is 0.335 e. The summed E-state index contributed by atoms with van der Waals surface area (Å²) in [5, 5.41) is 19.6. The molecule has 2 N–H and O–H groups in total. The van der Waals surface area contributed by atoms with Crippen molar-refractivity contribution in [3.63, 3.8) is 0 Å². The Balaban J connectivity index is 2.25. The molecule has 0 fully saturated rings. The Kier molecular flexibility index (Phi) is 17.8. The predicted molar refractivity (Wildman–Crippen MR) is 187 cm³/mol. The van der Waals surface area contributed by atoms with E-state index >= 15 is 0 Å². The number of rotatable bonds is 20. The third-order valence-corrected chi connectivity index (χ3v) is 8.64. The number of hydrogen-bond donors (Lipinski definition) is 2. The van der Waals surface area contributed by atoms with Crippen LogP contribution in [0, 0.1) is 23.7 Å². The molecule has 4 heteroatoms. The van der Waals surface area contributed by atoms with E-state index in [1.807, 2.05) is 13.8 Å². The van der Waals surface area contributed by atoms with Crippen LogP contribution in [0.3, 0.4) is 0 Å². The summed E-state index contributed by atoms with van der Waals surface area (Å²) in [6, 6.07) is 10.1. The number of unbranched alkanes of at least 4 members (excludes halogenated alkanes) is 16. The molecule has 0 aliphatic carbocycles. The molecule has 2 aromatic carbocycles. The van der Waals surface area contributed by atoms with Crippen LogP contribution in [0.25, 0.3) is 0 Å². The van der Waals surface area contributed by atoms with Gasteiger partial charge in [-0.15, -0.1) is 0 Å². The number of hydrogen-bond acceptors (Lipinski definition) is 2. The molecule has 0 aliphatic heterocycles. The summed E-state index contributed by atoms with van der Waals surface area (Å²) in [5.41, 5.74) is 2.69. The summed E-state index contributed by atoms with van der Waals surface area (Å²) in [6.07, 6.45) is 21.5. The van der Waals surface area contributed by atoms with Crippen LogP contribution < -0.4 is 0 Å². The molecule has 4 nitrogen and oxygen atoms in total. The van der Waals surface area contributed by atoms with E-state index in [-0.39, 0.29) is 11.1 Å². The van der Waals surface area contributed by atoms with Crippen LogP contribution in [0.2, 0.25) is 0 Å². The third-order valence-electron chi connectivity index (χ3n) is 8.64. The lowest BCUT2D eigenvalue weighted by molar-refractivity contribution is 0.0686. The maximum absolute atomic E-state index is 12.0. The van der Waals surface area contributed by atoms with Crippen LogP contribution in [0.5, 0.6) is 0 Å². The molecule has 0 saturated carbocycles. The highest BCUT2D eigenvalue weighted by molar-refractivity contribution is 5.89. The van der Waals surface area contributed by atoms with E-state index in [9.17, 15) is 19.8 Å². The zero-order valence-corrected chi connectivity index (χ0v) is 28.4. The standard InChI is InChI=1S/C41H56O4/c1-5-7-9-11-13-15-17-19-21-23-25-33-27-29-35(39(42)43)31-37(33)41(3,4)38-32-36(40(44)45)30-28-34(38)26-24-22-20-18-16-14-12-10-8-6-2/h27-32H,5-22H2,1-4H3,(H,42,43)(H,44,45). The number of carbonyl (C=O) groups is 2. The van der Waals surface area contributed by atoms with E-state index in [1.54, 1.807) is 36.4 Å². The first-order chi connectivity index (χ1) is 21.7. The Hall–Kier alpha value is -3.50. The van der Waals surface area contributed by atoms with E-state index in [4.69, 9.17) is 0 Å². The fourth-order valence-corrected chi connectivity index (χ4v) is 5.76. The first kappa shape index (κ1) is 37.7. The molecule has 244 valence electrons. The largest absolute Gasteiger partial charge is 0.478 e. The minimum absolute atomic E-state index is 0.184. The summed E-state index contributed by atoms with van der Waals surface area (Å²) in [4.78, 5) is 23.9. The van der Waals surface area contributed by atoms with E-state index in [1.165, 1.54) is 89.9 Å². The first-order valence-electron chi connectivity index (χ1n) is 17.5. The first-order valence-corrected chi connectivity index (χ1v) is 17.5. The lowest BCUT2D eigenvalue weighted by Gasteiger charge is -2.29. The highest BCUT2D eigenvalue weighted by Crippen LogP contribution is 2.37. The monoisotopic (exact) mass is 612 g/mol. The summed E-state index contributed by atoms with van der Waals surface area (Å²) in [6.45, 7) is 8.48. The second kappa shape index (κ2) is 21.3. The minimum atomic E-state index is -1.00. The number of carboxylic acids is 2. The second-order valence-electron chi connectivity index (χ2n) is 12.8. The lowest BCUT2D eigenvalue weighted by Crippen LogP contribution is -2.23. The highest BCUT2D eigenvalue weighted by atomic mass is 16.4. The molecule has 0 aliphatic rings. The van der Waals surface area contributed by atoms with Crippen molar-refractivity contribution in [2.75, 3.05) is 0 Å². The van der Waals surface area contributed by atoms with Crippen LogP contribution >= 0.6 is 0 Å². The van der Waals surface area contributed by atoms with Gasteiger partial charge in [-0.25, -0.2) is 9.59 Å². The summed E-state index contributed by atoms with van der Waals surface area (Å²) in [7, 11) is 0. The van der Waals surface area contributed by atoms with Crippen molar-refractivity contribution in [2.24, 2.45) is 0 Å². The molecule has 2 aromatic rings. The molecule has 0 heterocycles. The van der Waals surface area contributed by atoms with Crippen molar-refractivity contribution in [3.8, 4) is 23.7 Å². The summed E-state index contributed by atoms with van der Waals surface area (Å²) < 4.78 is 0. The maximum atomic E-state index is 12.0. The molecule has 0 atom stereocenters. The van der Waals surface area contributed by atoms with Gasteiger partial charge in [-0.3, -0.25) is 0 Å². The van der Waals surface area contributed by atoms with Crippen LogP contribution in [0.15, 0.2) is 36.4 Å². The summed E-state index contributed by atoms with van der Waals surface area (Å²) in [5.74, 6) is 11.3. The molecule has 0 saturated heterocycles. The molecule has 0 spiro atoms. The Morgan fingerprint density at radius 3 is 1.22 bits per heavy atom. The zero-order chi connectivity index (χ0) is 32.9. The van der Waals surface area contributed by atoms with Gasteiger partial charge in [0.05, 0.1) is 11.1 Å². The van der Waals surface area contributed by atoms with Gasteiger partial charge in [-0.1, -0.05) is 141 Å². The van der Waals surface area contributed by atoms with E-state index < -0.39 is 17.4 Å². The van der Waals surface area contributed by atoms with Gasteiger partial charge in [0, 0.05) is 29.4 Å². The fraction of sp³-hybridized carbons (Fsp3) is 0.561. The van der Waals surface area contributed by atoms with Crippen LogP contribution in [-0.2, 0) is 5.41 Å². The Bertz CT molecular complexity index is 1230. The minimum Gasteiger partial charge on any atom is -0.478 e. The Morgan fingerprint density at radius 2 is 0.889 bits per heavy atom. The van der Waals surface area contributed by atoms with Gasteiger partial charge in [0.25, 0.3) is 0 Å². The Morgan fingerprint density at radius 1 is 0.556 bits per heavy atom. The topological polar surface area (TPSA) is 74.6 Å². The van der Waals surface area contributed by atoms with Crippen molar-refractivity contribution < 1.29 is 19.8 Å². The lowest BCUT2D eigenvalue weighted by atomic mass is 9.73. The summed E-state index contributed by atoms with van der Waals surface area (Å²) >= 11 is 0. The predicted octanol–water partition coefficient (Wildman–Crippen LogP) is 11.2. The van der Waals surface area contributed by atoms with E-state index in [0.29, 0.717) is 0 Å². The zero-order valence-electron chi connectivity index (χ0n) is 28.4. The van der Waals surface area contributed by atoms with Crippen molar-refractivity contribution >= 4 is 11.9 Å². The fourth-order valence-electron chi connectivity index (χ4n) is 5.76. The molecule has 0 bridgehead atoms. The van der Waals surface area contributed by atoms with Gasteiger partial charge in [-0.05, 0) is 60.4 Å². The van der Waals surface area contributed by atoms with Crippen LogP contribution in [-0.4, -0.2) is 22.2 Å². The van der Waals surface area contributed by atoms with Gasteiger partial charge in [-0.2, -0.15) is 0 Å². The molecule has 0 amide bonds. The normalized spacial score (nSPS) is 10.9. The average Bonchev–Trinajstić information content (AvgIpc) is 3.02. The molecular formula is C41H56O4. The Labute approximate surface area is 273 Å². The SMILES string of the molecule is CCCCCCCCCCC#Cc1ccc(C(=O)O)cc1C(C)(C)c1cc(C(=O)O)ccc1C#CCCCCCCCCCC. The average molecular weight is 613 g/mol. The molecule has 45 heavy (non-hydrogen) atoms. The number of aromatic carboxylic acids is 2. The quantitative estimate of drug-likeness (QED) is 0.115. The van der Waals surface area contributed by atoms with Crippen molar-refractivity contribution in [1.29, 1.82) is 0 Å². The third kappa shape index (κ3) is 13.6. The van der Waals surface area contributed by atoms with Crippen molar-refractivity contribution in [3.05, 3.63) is 69.8 Å². The smallest absolute Gasteiger partial charge is 0.335 e.